The Hall–Kier alpha value is -0.810. The van der Waals surface area contributed by atoms with Gasteiger partial charge in [-0.2, -0.15) is 0 Å². The van der Waals surface area contributed by atoms with E-state index >= 15 is 0 Å². The highest BCUT2D eigenvalue weighted by atomic mass is 15.4. The van der Waals surface area contributed by atoms with Crippen LogP contribution in [-0.4, -0.2) is 54.5 Å². The zero-order chi connectivity index (χ0) is 13.5. The molecular weight excluding hydrogens is 238 g/mol. The molecule has 0 radical (unpaired) electrons. The fourth-order valence-corrected chi connectivity index (χ4v) is 3.15. The minimum Gasteiger partial charge on any atom is -0.339 e. The second-order valence-electron chi connectivity index (χ2n) is 5.66. The molecule has 0 aromatic rings. The number of piperazine rings is 1. The Balaban J connectivity index is 1.78. The maximum Gasteiger partial charge on any atom is 0.208 e. The number of hydrogen-bond donors (Lipinski definition) is 2. The molecule has 3 N–H and O–H groups in total. The molecule has 0 amide bonds. The quantitative estimate of drug-likeness (QED) is 0.264. The normalized spacial score (nSPS) is 23.1. The molecule has 1 saturated carbocycles. The first kappa shape index (κ1) is 14.6. The van der Waals surface area contributed by atoms with Crippen LogP contribution in [0.5, 0.6) is 0 Å². The summed E-state index contributed by atoms with van der Waals surface area (Å²) >= 11 is 0. The summed E-state index contributed by atoms with van der Waals surface area (Å²) in [5, 5.41) is 0. The lowest BCUT2D eigenvalue weighted by Crippen LogP contribution is -2.55. The van der Waals surface area contributed by atoms with Crippen LogP contribution in [0.25, 0.3) is 0 Å². The Labute approximate surface area is 117 Å². The molecule has 0 atom stereocenters. The molecule has 1 aliphatic heterocycles. The summed E-state index contributed by atoms with van der Waals surface area (Å²) in [4.78, 5) is 9.52. The van der Waals surface area contributed by atoms with Crippen LogP contribution in [0.2, 0.25) is 0 Å². The van der Waals surface area contributed by atoms with Gasteiger partial charge in [0.15, 0.2) is 0 Å². The summed E-state index contributed by atoms with van der Waals surface area (Å²) in [6.45, 7) is 7.46. The molecule has 5 nitrogen and oxygen atoms in total. The molecule has 110 valence electrons. The van der Waals surface area contributed by atoms with Crippen molar-refractivity contribution in [3.05, 3.63) is 0 Å². The average Bonchev–Trinajstić information content (AvgIpc) is 2.98. The molecule has 2 aliphatic rings. The van der Waals surface area contributed by atoms with Crippen LogP contribution >= 0.6 is 0 Å². The molecule has 0 spiro atoms. The number of hydrogen-bond acceptors (Lipinski definition) is 3. The summed E-state index contributed by atoms with van der Waals surface area (Å²) in [7, 11) is 0. The van der Waals surface area contributed by atoms with Crippen LogP contribution in [0.1, 0.15) is 45.4 Å². The third-order valence-electron chi connectivity index (χ3n) is 4.36. The van der Waals surface area contributed by atoms with Crippen LogP contribution in [0.3, 0.4) is 0 Å². The molecule has 0 aromatic heterocycles. The first-order valence-corrected chi connectivity index (χ1v) is 7.85. The smallest absolute Gasteiger partial charge is 0.208 e. The number of nitrogens with one attached hydrogen (secondary N) is 1. The molecule has 19 heavy (non-hydrogen) atoms. The highest BCUT2D eigenvalue weighted by Gasteiger charge is 2.26. The van der Waals surface area contributed by atoms with Crippen molar-refractivity contribution in [2.75, 3.05) is 32.7 Å². The molecule has 2 fully saturated rings. The second kappa shape index (κ2) is 7.70. The Morgan fingerprint density at radius 1 is 1.21 bits per heavy atom. The summed E-state index contributed by atoms with van der Waals surface area (Å²) < 4.78 is 0. The van der Waals surface area contributed by atoms with Gasteiger partial charge in [-0.3, -0.25) is 15.3 Å². The van der Waals surface area contributed by atoms with Crippen LogP contribution in [0, 0.1) is 0 Å². The first-order chi connectivity index (χ1) is 9.35. The van der Waals surface area contributed by atoms with E-state index in [1.807, 2.05) is 0 Å². The van der Waals surface area contributed by atoms with E-state index in [-0.39, 0.29) is 0 Å². The van der Waals surface area contributed by atoms with Gasteiger partial charge >= 0.3 is 0 Å². The Bertz CT molecular complexity index is 278. The molecule has 0 aromatic carbocycles. The zero-order valence-corrected chi connectivity index (χ0v) is 12.3. The molecule has 1 aliphatic carbocycles. The fraction of sp³-hybridized carbons (Fsp3) is 0.929. The van der Waals surface area contributed by atoms with Crippen molar-refractivity contribution in [3.63, 3.8) is 0 Å². The largest absolute Gasteiger partial charge is 0.339 e. The lowest BCUT2D eigenvalue weighted by atomic mass is 10.2. The highest BCUT2D eigenvalue weighted by Crippen LogP contribution is 2.24. The number of unbranched alkanes of at least 4 members (excludes halogenated alkanes) is 1. The van der Waals surface area contributed by atoms with Crippen LogP contribution in [0.4, 0.5) is 0 Å². The van der Waals surface area contributed by atoms with Gasteiger partial charge in [-0.05, 0) is 19.3 Å². The highest BCUT2D eigenvalue weighted by molar-refractivity contribution is 5.79. The molecule has 5 heteroatoms. The van der Waals surface area contributed by atoms with Gasteiger partial charge in [0, 0.05) is 38.8 Å². The van der Waals surface area contributed by atoms with Crippen LogP contribution in [-0.2, 0) is 0 Å². The van der Waals surface area contributed by atoms with E-state index in [1.54, 1.807) is 0 Å². The van der Waals surface area contributed by atoms with Crippen LogP contribution < -0.4 is 11.3 Å². The number of aliphatic imine (C=N–C) groups is 1. The molecule has 1 saturated heterocycles. The molecule has 2 rings (SSSR count). The monoisotopic (exact) mass is 267 g/mol. The van der Waals surface area contributed by atoms with E-state index in [0.29, 0.717) is 0 Å². The second-order valence-corrected chi connectivity index (χ2v) is 5.66. The third kappa shape index (κ3) is 4.08. The number of nitrogens with zero attached hydrogens (tertiary/aromatic N) is 3. The Morgan fingerprint density at radius 2 is 1.89 bits per heavy atom. The standard InChI is InChI=1S/C14H29N5/c1-2-3-8-16-14(17-15)19-11-9-18(10-12-19)13-6-4-5-7-13/h13H,2-12,15H2,1H3,(H,16,17). The SMILES string of the molecule is CCCCN=C(NN)N1CCN(C2CCCC2)CC1. The third-order valence-corrected chi connectivity index (χ3v) is 4.36. The van der Waals surface area contributed by atoms with Crippen molar-refractivity contribution in [2.24, 2.45) is 10.8 Å². The van der Waals surface area contributed by atoms with Crippen molar-refractivity contribution in [1.82, 2.24) is 15.2 Å². The van der Waals surface area contributed by atoms with Crippen molar-refractivity contribution < 1.29 is 0 Å². The molecular formula is C14H29N5. The molecule has 0 unspecified atom stereocenters. The maximum absolute atomic E-state index is 5.61. The van der Waals surface area contributed by atoms with Gasteiger partial charge in [0.05, 0.1) is 0 Å². The summed E-state index contributed by atoms with van der Waals surface area (Å²) in [6, 6.07) is 0.841. The minimum atomic E-state index is 0.841. The lowest BCUT2D eigenvalue weighted by Gasteiger charge is -2.39. The van der Waals surface area contributed by atoms with E-state index in [2.05, 4.69) is 27.1 Å². The van der Waals surface area contributed by atoms with Crippen molar-refractivity contribution in [3.8, 4) is 0 Å². The summed E-state index contributed by atoms with van der Waals surface area (Å²) in [6.07, 6.45) is 7.93. The van der Waals surface area contributed by atoms with E-state index in [9.17, 15) is 0 Å². The van der Waals surface area contributed by atoms with E-state index in [0.717, 1.165) is 51.1 Å². The van der Waals surface area contributed by atoms with E-state index in [1.165, 1.54) is 32.1 Å². The Morgan fingerprint density at radius 3 is 2.47 bits per heavy atom. The summed E-state index contributed by atoms with van der Waals surface area (Å²) in [5.41, 5.74) is 2.77. The van der Waals surface area contributed by atoms with Gasteiger partial charge in [0.2, 0.25) is 5.96 Å². The van der Waals surface area contributed by atoms with Crippen LogP contribution in [0.15, 0.2) is 4.99 Å². The van der Waals surface area contributed by atoms with Gasteiger partial charge in [-0.25, -0.2) is 5.84 Å². The van der Waals surface area contributed by atoms with E-state index in [4.69, 9.17) is 5.84 Å². The van der Waals surface area contributed by atoms with Gasteiger partial charge < -0.3 is 4.90 Å². The van der Waals surface area contributed by atoms with Gasteiger partial charge in [0.25, 0.3) is 0 Å². The van der Waals surface area contributed by atoms with Gasteiger partial charge in [0.1, 0.15) is 0 Å². The maximum atomic E-state index is 5.61. The summed E-state index contributed by atoms with van der Waals surface area (Å²) in [5.74, 6) is 6.48. The molecule has 0 bridgehead atoms. The zero-order valence-electron chi connectivity index (χ0n) is 12.3. The number of nitrogens with two attached hydrogens (primary N) is 1. The number of hydrazine groups is 1. The van der Waals surface area contributed by atoms with Gasteiger partial charge in [-0.15, -0.1) is 0 Å². The van der Waals surface area contributed by atoms with Crippen molar-refractivity contribution >= 4 is 5.96 Å². The molecule has 1 heterocycles. The van der Waals surface area contributed by atoms with Crippen molar-refractivity contribution in [1.29, 1.82) is 0 Å². The number of rotatable bonds is 4. The first-order valence-electron chi connectivity index (χ1n) is 7.85. The predicted octanol–water partition coefficient (Wildman–Crippen LogP) is 1.17. The fourth-order valence-electron chi connectivity index (χ4n) is 3.15. The minimum absolute atomic E-state index is 0.841. The lowest BCUT2D eigenvalue weighted by molar-refractivity contribution is 0.132. The number of guanidine groups is 1. The van der Waals surface area contributed by atoms with Gasteiger partial charge in [-0.1, -0.05) is 26.2 Å². The topological polar surface area (TPSA) is 56.9 Å². The Kier molecular flexibility index (Phi) is 5.92. The predicted molar refractivity (Wildman–Crippen MR) is 79.9 cm³/mol. The van der Waals surface area contributed by atoms with E-state index < -0.39 is 0 Å². The van der Waals surface area contributed by atoms with Crippen molar-refractivity contribution in [2.45, 2.75) is 51.5 Å². The average molecular weight is 267 g/mol.